The Morgan fingerprint density at radius 2 is 1.69 bits per heavy atom. The molecule has 0 saturated carbocycles. The second-order valence-electron chi connectivity index (χ2n) is 18.9. The standard InChI is InChI=1S/C45H71NO12/c1-11-43(39-26(3)21-34(54-39)36-25(2)20-27(4)45(51,24-47)57-36)17-16-35(55-43)42(8)18-19-44(58-42)22-33(48)28(5)38(56-44)29(6)37(52-9)30(7)40(49)46-23-31-12-14-32(15-13-31)41(50)53-10/h12-15,25-30,33-39,47-48,51H,11,16-24H2,1-10H3,(H,46,49). The van der Waals surface area contributed by atoms with Gasteiger partial charge < -0.3 is 53.8 Å². The van der Waals surface area contributed by atoms with Crippen LogP contribution >= 0.6 is 0 Å². The Labute approximate surface area is 345 Å². The zero-order valence-electron chi connectivity index (χ0n) is 36.4. The van der Waals surface area contributed by atoms with E-state index in [1.54, 1.807) is 31.4 Å². The normalized spacial score (nSPS) is 43.3. The highest BCUT2D eigenvalue weighted by Crippen LogP contribution is 2.55. The molecule has 5 saturated heterocycles. The van der Waals surface area contributed by atoms with Gasteiger partial charge in [0.25, 0.3) is 0 Å². The number of carbonyl (C=O) groups excluding carboxylic acids is 2. The van der Waals surface area contributed by atoms with Crippen LogP contribution in [0, 0.1) is 35.5 Å². The van der Waals surface area contributed by atoms with Crippen LogP contribution in [0.25, 0.3) is 0 Å². The smallest absolute Gasteiger partial charge is 0.337 e. The number of carbonyl (C=O) groups is 2. The predicted octanol–water partition coefficient (Wildman–Crippen LogP) is 5.29. The summed E-state index contributed by atoms with van der Waals surface area (Å²) in [6.45, 7) is 16.2. The highest BCUT2D eigenvalue weighted by Gasteiger charge is 2.62. The molecule has 5 aliphatic rings. The second-order valence-corrected chi connectivity index (χ2v) is 18.9. The molecule has 5 heterocycles. The quantitative estimate of drug-likeness (QED) is 0.190. The lowest BCUT2D eigenvalue weighted by Crippen LogP contribution is -2.57. The van der Waals surface area contributed by atoms with E-state index in [2.05, 4.69) is 33.0 Å². The average molecular weight is 818 g/mol. The fraction of sp³-hybridized carbons (Fsp3) is 0.822. The largest absolute Gasteiger partial charge is 0.465 e. The molecule has 58 heavy (non-hydrogen) atoms. The van der Waals surface area contributed by atoms with Crippen LogP contribution in [0.3, 0.4) is 0 Å². The Kier molecular flexibility index (Phi) is 13.8. The van der Waals surface area contributed by atoms with Gasteiger partial charge in [0.2, 0.25) is 5.91 Å². The lowest BCUT2D eigenvalue weighted by molar-refractivity contribution is -0.336. The Bertz CT molecular complexity index is 1580. The number of hydrogen-bond acceptors (Lipinski definition) is 12. The molecule has 4 N–H and O–H groups in total. The molecule has 0 aromatic heterocycles. The minimum absolute atomic E-state index is 0.166. The molecule has 1 aromatic rings. The molecule has 0 aliphatic carbocycles. The Morgan fingerprint density at radius 3 is 2.33 bits per heavy atom. The van der Waals surface area contributed by atoms with E-state index in [0.29, 0.717) is 24.8 Å². The number of aliphatic hydroxyl groups is 3. The number of methoxy groups -OCH3 is 2. The van der Waals surface area contributed by atoms with Crippen LogP contribution in [-0.4, -0.2) is 114 Å². The van der Waals surface area contributed by atoms with Crippen molar-refractivity contribution in [2.24, 2.45) is 35.5 Å². The fourth-order valence-corrected chi connectivity index (χ4v) is 11.1. The molecule has 17 unspecified atom stereocenters. The number of ether oxygens (including phenoxy) is 7. The molecule has 1 amide bonds. The van der Waals surface area contributed by atoms with Crippen LogP contribution in [-0.2, 0) is 44.5 Å². The van der Waals surface area contributed by atoms with Gasteiger partial charge in [-0.25, -0.2) is 4.79 Å². The summed E-state index contributed by atoms with van der Waals surface area (Å²) in [5.41, 5.74) is 0.102. The Hall–Kier alpha value is -2.20. The number of hydrogen-bond donors (Lipinski definition) is 4. The zero-order valence-corrected chi connectivity index (χ0v) is 36.4. The number of esters is 1. The molecule has 5 aliphatic heterocycles. The van der Waals surface area contributed by atoms with Crippen molar-refractivity contribution in [2.45, 2.75) is 179 Å². The van der Waals surface area contributed by atoms with E-state index in [1.165, 1.54) is 7.11 Å². The van der Waals surface area contributed by atoms with Crippen LogP contribution in [0.15, 0.2) is 24.3 Å². The van der Waals surface area contributed by atoms with Crippen LogP contribution < -0.4 is 5.32 Å². The number of amides is 1. The second kappa shape index (κ2) is 17.6. The third-order valence-electron chi connectivity index (χ3n) is 14.9. The van der Waals surface area contributed by atoms with Gasteiger partial charge in [-0.1, -0.05) is 60.6 Å². The minimum atomic E-state index is -1.58. The molecule has 13 heteroatoms. The summed E-state index contributed by atoms with van der Waals surface area (Å²) in [7, 11) is 2.94. The molecule has 5 fully saturated rings. The van der Waals surface area contributed by atoms with Crippen molar-refractivity contribution in [3.8, 4) is 0 Å². The van der Waals surface area contributed by atoms with E-state index < -0.39 is 59.6 Å². The van der Waals surface area contributed by atoms with Crippen LogP contribution in [0.1, 0.15) is 123 Å². The zero-order chi connectivity index (χ0) is 42.4. The van der Waals surface area contributed by atoms with Crippen molar-refractivity contribution in [1.82, 2.24) is 5.32 Å². The summed E-state index contributed by atoms with van der Waals surface area (Å²) in [4.78, 5) is 25.3. The molecule has 17 atom stereocenters. The predicted molar refractivity (Wildman–Crippen MR) is 214 cm³/mol. The molecule has 6 rings (SSSR count). The van der Waals surface area contributed by atoms with Gasteiger partial charge >= 0.3 is 5.97 Å². The first-order valence-electron chi connectivity index (χ1n) is 21.8. The Balaban J connectivity index is 1.09. The molecule has 0 radical (unpaired) electrons. The van der Waals surface area contributed by atoms with Crippen molar-refractivity contribution in [3.63, 3.8) is 0 Å². The van der Waals surface area contributed by atoms with E-state index in [-0.39, 0.29) is 66.5 Å². The van der Waals surface area contributed by atoms with Crippen LogP contribution in [0.5, 0.6) is 0 Å². The SMILES string of the molecule is CCC1(C2OC(C3OC(O)(CO)C(C)CC3C)CC2C)CCC(C2(C)CCC3(CC(O)C(C)C(C(C)C(OC)C(C)C(=O)NCc4ccc(C(=O)OC)cc4)O3)O2)O1. The first-order valence-corrected chi connectivity index (χ1v) is 21.8. The van der Waals surface area contributed by atoms with E-state index in [0.717, 1.165) is 37.7 Å². The summed E-state index contributed by atoms with van der Waals surface area (Å²) in [5, 5.41) is 35.6. The molecule has 1 aromatic carbocycles. The first kappa shape index (κ1) is 45.3. The van der Waals surface area contributed by atoms with Gasteiger partial charge in [0.05, 0.1) is 79.1 Å². The number of nitrogens with one attached hydrogen (secondary N) is 1. The third-order valence-corrected chi connectivity index (χ3v) is 14.9. The van der Waals surface area contributed by atoms with Crippen LogP contribution in [0.2, 0.25) is 0 Å². The summed E-state index contributed by atoms with van der Waals surface area (Å²) in [6, 6.07) is 6.91. The first-order chi connectivity index (χ1) is 27.4. The van der Waals surface area contributed by atoms with Crippen molar-refractivity contribution >= 4 is 11.9 Å². The fourth-order valence-electron chi connectivity index (χ4n) is 11.1. The van der Waals surface area contributed by atoms with E-state index in [9.17, 15) is 24.9 Å². The third kappa shape index (κ3) is 8.63. The minimum Gasteiger partial charge on any atom is -0.465 e. The molecule has 328 valence electrons. The highest BCUT2D eigenvalue weighted by atomic mass is 16.7. The maximum atomic E-state index is 13.5. The van der Waals surface area contributed by atoms with Crippen molar-refractivity contribution < 1.29 is 58.1 Å². The lowest BCUT2D eigenvalue weighted by Gasteiger charge is -2.49. The average Bonchev–Trinajstić information content (AvgIpc) is 3.93. The summed E-state index contributed by atoms with van der Waals surface area (Å²) in [6.07, 6.45) is 2.96. The molecule has 0 bridgehead atoms. The molecule has 1 spiro atoms. The topological polar surface area (TPSA) is 171 Å². The molecule has 13 nitrogen and oxygen atoms in total. The van der Waals surface area contributed by atoms with Gasteiger partial charge in [-0.05, 0) is 75.0 Å². The highest BCUT2D eigenvalue weighted by molar-refractivity contribution is 5.89. The number of aliphatic hydroxyl groups excluding tert-OH is 2. The summed E-state index contributed by atoms with van der Waals surface area (Å²) >= 11 is 0. The van der Waals surface area contributed by atoms with Gasteiger partial charge in [-0.2, -0.15) is 0 Å². The van der Waals surface area contributed by atoms with E-state index in [1.807, 2.05) is 27.7 Å². The van der Waals surface area contributed by atoms with Gasteiger partial charge in [-0.15, -0.1) is 0 Å². The van der Waals surface area contributed by atoms with Crippen molar-refractivity contribution in [2.75, 3.05) is 20.8 Å². The summed E-state index contributed by atoms with van der Waals surface area (Å²) in [5.74, 6) is -4.02. The van der Waals surface area contributed by atoms with Gasteiger partial charge in [0.1, 0.15) is 0 Å². The number of rotatable bonds is 13. The van der Waals surface area contributed by atoms with Crippen LogP contribution in [0.4, 0.5) is 0 Å². The maximum absolute atomic E-state index is 13.5. The van der Waals surface area contributed by atoms with Gasteiger partial charge in [-0.3, -0.25) is 4.79 Å². The van der Waals surface area contributed by atoms with E-state index in [4.69, 9.17) is 33.2 Å². The van der Waals surface area contributed by atoms with Gasteiger partial charge in [0, 0.05) is 44.2 Å². The lowest BCUT2D eigenvalue weighted by atomic mass is 9.78. The van der Waals surface area contributed by atoms with E-state index >= 15 is 0 Å². The molecular formula is C45H71NO12. The maximum Gasteiger partial charge on any atom is 0.337 e. The van der Waals surface area contributed by atoms with Crippen molar-refractivity contribution in [3.05, 3.63) is 35.4 Å². The Morgan fingerprint density at radius 1 is 0.983 bits per heavy atom. The summed E-state index contributed by atoms with van der Waals surface area (Å²) < 4.78 is 45.0. The van der Waals surface area contributed by atoms with Gasteiger partial charge in [0.15, 0.2) is 11.6 Å². The monoisotopic (exact) mass is 817 g/mol. The number of benzene rings is 1. The van der Waals surface area contributed by atoms with Crippen molar-refractivity contribution in [1.29, 1.82) is 0 Å². The molecular weight excluding hydrogens is 746 g/mol.